The van der Waals surface area contributed by atoms with Gasteiger partial charge in [-0.05, 0) is 43.9 Å². The van der Waals surface area contributed by atoms with E-state index in [0.29, 0.717) is 23.8 Å². The molecule has 0 saturated carbocycles. The Morgan fingerprint density at radius 3 is 2.73 bits per heavy atom. The zero-order valence-corrected chi connectivity index (χ0v) is 17.8. The second kappa shape index (κ2) is 9.47. The minimum Gasteiger partial charge on any atom is -0.497 e. The van der Waals surface area contributed by atoms with E-state index in [2.05, 4.69) is 4.98 Å². The van der Waals surface area contributed by atoms with Crippen molar-refractivity contribution in [2.45, 2.75) is 0 Å². The third-order valence-corrected chi connectivity index (χ3v) is 5.39. The summed E-state index contributed by atoms with van der Waals surface area (Å²) in [5, 5.41) is 11.5. The molecule has 156 valence electrons. The van der Waals surface area contributed by atoms with Crippen LogP contribution in [-0.4, -0.2) is 55.0 Å². The molecule has 0 unspecified atom stereocenters. The fraction of sp³-hybridized carbons (Fsp3) is 0.238. The highest BCUT2D eigenvalue weighted by molar-refractivity contribution is 7.22. The second-order valence-electron chi connectivity index (χ2n) is 6.81. The predicted octanol–water partition coefficient (Wildman–Crippen LogP) is 3.82. The number of methoxy groups -OCH3 is 1. The summed E-state index contributed by atoms with van der Waals surface area (Å²) in [7, 11) is 5.48. The summed E-state index contributed by atoms with van der Waals surface area (Å²) in [6, 6.07) is 11.7. The van der Waals surface area contributed by atoms with E-state index in [1.54, 1.807) is 30.2 Å². The lowest BCUT2D eigenvalue weighted by molar-refractivity contribution is -0.384. The summed E-state index contributed by atoms with van der Waals surface area (Å²) in [6.45, 7) is 1.12. The number of nitro groups is 1. The fourth-order valence-electron chi connectivity index (χ4n) is 2.73. The van der Waals surface area contributed by atoms with Crippen LogP contribution in [-0.2, 0) is 4.79 Å². The molecule has 0 spiro atoms. The molecular formula is C21H22N4O4S. The van der Waals surface area contributed by atoms with Crippen LogP contribution in [0.1, 0.15) is 5.56 Å². The lowest BCUT2D eigenvalue weighted by Crippen LogP contribution is -2.35. The molecule has 0 saturated heterocycles. The van der Waals surface area contributed by atoms with Crippen molar-refractivity contribution in [2.24, 2.45) is 0 Å². The van der Waals surface area contributed by atoms with Gasteiger partial charge in [0, 0.05) is 31.3 Å². The fourth-order valence-corrected chi connectivity index (χ4v) is 3.76. The summed E-state index contributed by atoms with van der Waals surface area (Å²) in [5.41, 5.74) is 1.36. The van der Waals surface area contributed by atoms with Crippen LogP contribution >= 0.6 is 11.3 Å². The lowest BCUT2D eigenvalue weighted by Gasteiger charge is -2.20. The Labute approximate surface area is 178 Å². The molecule has 1 heterocycles. The number of fused-ring (bicyclic) bond motifs is 1. The molecule has 1 aromatic heterocycles. The smallest absolute Gasteiger partial charge is 0.270 e. The number of carbonyl (C=O) groups excluding carboxylic acids is 1. The number of nitro benzene ring substituents is 1. The number of benzene rings is 2. The van der Waals surface area contributed by atoms with Gasteiger partial charge >= 0.3 is 0 Å². The molecule has 0 N–H and O–H groups in total. The van der Waals surface area contributed by atoms with Crippen LogP contribution in [0.2, 0.25) is 0 Å². The van der Waals surface area contributed by atoms with E-state index in [1.807, 2.05) is 37.2 Å². The Morgan fingerprint density at radius 2 is 2.03 bits per heavy atom. The van der Waals surface area contributed by atoms with E-state index in [1.165, 1.54) is 29.5 Å². The first-order valence-corrected chi connectivity index (χ1v) is 10.0. The van der Waals surface area contributed by atoms with E-state index in [0.717, 1.165) is 16.0 Å². The maximum Gasteiger partial charge on any atom is 0.270 e. The largest absolute Gasteiger partial charge is 0.497 e. The number of non-ortho nitro benzene ring substituents is 1. The van der Waals surface area contributed by atoms with Gasteiger partial charge in [-0.2, -0.15) is 0 Å². The highest BCUT2D eigenvalue weighted by Crippen LogP contribution is 2.31. The normalized spacial score (nSPS) is 11.3. The third-order valence-electron chi connectivity index (χ3n) is 4.35. The first-order chi connectivity index (χ1) is 14.4. The maximum absolute atomic E-state index is 13.0. The van der Waals surface area contributed by atoms with Crippen molar-refractivity contribution in [3.8, 4) is 5.75 Å². The van der Waals surface area contributed by atoms with Crippen LogP contribution in [0, 0.1) is 10.1 Å². The Balaban J connectivity index is 1.88. The molecule has 0 aliphatic rings. The minimum absolute atomic E-state index is 0.0193. The topological polar surface area (TPSA) is 88.8 Å². The van der Waals surface area contributed by atoms with Crippen LogP contribution in [0.4, 0.5) is 10.8 Å². The maximum atomic E-state index is 13.0. The quantitative estimate of drug-likeness (QED) is 0.309. The second-order valence-corrected chi connectivity index (χ2v) is 7.82. The van der Waals surface area contributed by atoms with Crippen LogP contribution in [0.3, 0.4) is 0 Å². The van der Waals surface area contributed by atoms with Crippen molar-refractivity contribution >= 4 is 44.4 Å². The van der Waals surface area contributed by atoms with Gasteiger partial charge in [0.2, 0.25) is 0 Å². The molecule has 9 heteroatoms. The number of hydrogen-bond acceptors (Lipinski definition) is 7. The van der Waals surface area contributed by atoms with Gasteiger partial charge in [0.1, 0.15) is 5.75 Å². The molecule has 1 amide bonds. The number of anilines is 1. The summed E-state index contributed by atoms with van der Waals surface area (Å²) < 4.78 is 6.19. The van der Waals surface area contributed by atoms with Gasteiger partial charge in [0.15, 0.2) is 5.13 Å². The van der Waals surface area contributed by atoms with Gasteiger partial charge in [-0.1, -0.05) is 23.5 Å². The van der Waals surface area contributed by atoms with Gasteiger partial charge in [-0.15, -0.1) is 0 Å². The molecule has 3 aromatic rings. The van der Waals surface area contributed by atoms with Crippen molar-refractivity contribution in [1.29, 1.82) is 0 Å². The molecule has 3 rings (SSSR count). The van der Waals surface area contributed by atoms with Crippen molar-refractivity contribution in [1.82, 2.24) is 9.88 Å². The summed E-state index contributed by atoms with van der Waals surface area (Å²) in [6.07, 6.45) is 3.00. The standard InChI is InChI=1S/C21H22N4O4S/c1-23(2)11-12-24(21-22-18-9-8-17(29-3)14-19(18)30-21)20(26)10-7-15-5-4-6-16(13-15)25(27)28/h4-10,13-14H,11-12H2,1-3H3/b10-7+. The molecule has 0 atom stereocenters. The molecule has 0 bridgehead atoms. The van der Waals surface area contributed by atoms with Crippen molar-refractivity contribution in [2.75, 3.05) is 39.2 Å². The first kappa shape index (κ1) is 21.4. The summed E-state index contributed by atoms with van der Waals surface area (Å²) in [5.74, 6) is 0.490. The molecule has 0 radical (unpaired) electrons. The van der Waals surface area contributed by atoms with E-state index in [4.69, 9.17) is 4.74 Å². The van der Waals surface area contributed by atoms with Crippen LogP contribution in [0.5, 0.6) is 5.75 Å². The van der Waals surface area contributed by atoms with Gasteiger partial charge in [-0.25, -0.2) is 4.98 Å². The zero-order chi connectivity index (χ0) is 21.7. The van der Waals surface area contributed by atoms with Crippen LogP contribution in [0.25, 0.3) is 16.3 Å². The van der Waals surface area contributed by atoms with Crippen LogP contribution in [0.15, 0.2) is 48.5 Å². The minimum atomic E-state index is -0.460. The molecule has 30 heavy (non-hydrogen) atoms. The Morgan fingerprint density at radius 1 is 1.23 bits per heavy atom. The molecule has 2 aromatic carbocycles. The number of rotatable bonds is 8. The number of thiazole rings is 1. The Bertz CT molecular complexity index is 1090. The van der Waals surface area contributed by atoms with Gasteiger partial charge in [0.05, 0.1) is 22.2 Å². The van der Waals surface area contributed by atoms with E-state index in [9.17, 15) is 14.9 Å². The molecular weight excluding hydrogens is 404 g/mol. The predicted molar refractivity (Wildman–Crippen MR) is 119 cm³/mol. The average Bonchev–Trinajstić information content (AvgIpc) is 3.15. The SMILES string of the molecule is COc1ccc2nc(N(CCN(C)C)C(=O)/C=C/c3cccc([N+](=O)[O-])c3)sc2c1. The number of aromatic nitrogens is 1. The lowest BCUT2D eigenvalue weighted by atomic mass is 10.2. The number of nitrogens with zero attached hydrogens (tertiary/aromatic N) is 4. The number of amides is 1. The first-order valence-electron chi connectivity index (χ1n) is 9.20. The molecule has 0 aliphatic carbocycles. The van der Waals surface area contributed by atoms with E-state index < -0.39 is 4.92 Å². The monoisotopic (exact) mass is 426 g/mol. The number of hydrogen-bond donors (Lipinski definition) is 0. The van der Waals surface area contributed by atoms with Crippen molar-refractivity contribution in [3.63, 3.8) is 0 Å². The molecule has 0 fully saturated rings. The van der Waals surface area contributed by atoms with Crippen molar-refractivity contribution in [3.05, 3.63) is 64.2 Å². The van der Waals surface area contributed by atoms with Gasteiger partial charge in [0.25, 0.3) is 11.6 Å². The van der Waals surface area contributed by atoms with Crippen LogP contribution < -0.4 is 9.64 Å². The highest BCUT2D eigenvalue weighted by Gasteiger charge is 2.18. The highest BCUT2D eigenvalue weighted by atomic mass is 32.1. The van der Waals surface area contributed by atoms with E-state index >= 15 is 0 Å². The summed E-state index contributed by atoms with van der Waals surface area (Å²) in [4.78, 5) is 31.7. The number of ether oxygens (including phenoxy) is 1. The summed E-state index contributed by atoms with van der Waals surface area (Å²) >= 11 is 1.42. The van der Waals surface area contributed by atoms with Crippen molar-refractivity contribution < 1.29 is 14.5 Å². The van der Waals surface area contributed by atoms with E-state index in [-0.39, 0.29) is 11.6 Å². The number of likely N-dealkylation sites (N-methyl/N-ethyl adjacent to an activating group) is 1. The average molecular weight is 426 g/mol. The molecule has 0 aliphatic heterocycles. The Hall–Kier alpha value is -3.30. The third kappa shape index (κ3) is 5.19. The number of carbonyl (C=O) groups is 1. The zero-order valence-electron chi connectivity index (χ0n) is 16.9. The Kier molecular flexibility index (Phi) is 6.76. The van der Waals surface area contributed by atoms with Gasteiger partial charge < -0.3 is 9.64 Å². The molecule has 8 nitrogen and oxygen atoms in total. The van der Waals surface area contributed by atoms with Gasteiger partial charge in [-0.3, -0.25) is 19.8 Å².